The van der Waals surface area contributed by atoms with Crippen molar-refractivity contribution in [3.05, 3.63) is 0 Å². The van der Waals surface area contributed by atoms with Crippen molar-refractivity contribution in [1.29, 1.82) is 0 Å². The van der Waals surface area contributed by atoms with E-state index in [2.05, 4.69) is 5.32 Å². The van der Waals surface area contributed by atoms with Gasteiger partial charge < -0.3 is 10.2 Å². The fourth-order valence-electron chi connectivity index (χ4n) is 2.26. The van der Waals surface area contributed by atoms with E-state index in [0.717, 1.165) is 17.9 Å². The number of halogens is 3. The van der Waals surface area contributed by atoms with Crippen molar-refractivity contribution in [2.24, 2.45) is 5.92 Å². The third-order valence-electron chi connectivity index (χ3n) is 3.27. The van der Waals surface area contributed by atoms with Crippen molar-refractivity contribution < 1.29 is 18.0 Å². The molecule has 1 saturated heterocycles. The fraction of sp³-hybridized carbons (Fsp3) is 0.909. The summed E-state index contributed by atoms with van der Waals surface area (Å²) < 4.78 is 37.2. The van der Waals surface area contributed by atoms with Gasteiger partial charge in [-0.2, -0.15) is 13.2 Å². The average molecular weight is 250 g/mol. The lowest BCUT2D eigenvalue weighted by Gasteiger charge is -2.30. The summed E-state index contributed by atoms with van der Waals surface area (Å²) in [5.41, 5.74) is 0. The molecule has 0 spiro atoms. The monoisotopic (exact) mass is 250 g/mol. The molecular formula is C11H17F3N2O. The number of piperidine rings is 1. The molecule has 1 aliphatic carbocycles. The zero-order valence-electron chi connectivity index (χ0n) is 9.59. The molecule has 0 aromatic rings. The normalized spacial score (nSPS) is 25.7. The van der Waals surface area contributed by atoms with Crippen molar-refractivity contribution in [2.75, 3.05) is 19.6 Å². The summed E-state index contributed by atoms with van der Waals surface area (Å²) in [6.07, 6.45) is -1.31. The molecule has 1 heterocycles. The number of nitrogens with zero attached hydrogens (tertiary/aromatic N) is 1. The molecule has 2 fully saturated rings. The maximum Gasteiger partial charge on any atom is 0.406 e. The van der Waals surface area contributed by atoms with Crippen molar-refractivity contribution in [2.45, 2.75) is 37.9 Å². The minimum atomic E-state index is -4.29. The van der Waals surface area contributed by atoms with Gasteiger partial charge in [-0.1, -0.05) is 0 Å². The van der Waals surface area contributed by atoms with Gasteiger partial charge in [0, 0.05) is 12.6 Å². The van der Waals surface area contributed by atoms with Crippen molar-refractivity contribution >= 4 is 5.91 Å². The molecule has 0 radical (unpaired) electrons. The van der Waals surface area contributed by atoms with Crippen LogP contribution in [-0.4, -0.2) is 42.7 Å². The van der Waals surface area contributed by atoms with Crippen LogP contribution in [0.4, 0.5) is 13.2 Å². The van der Waals surface area contributed by atoms with Crippen LogP contribution in [0.25, 0.3) is 0 Å². The molecule has 2 rings (SSSR count). The van der Waals surface area contributed by atoms with E-state index in [1.54, 1.807) is 0 Å². The maximum atomic E-state index is 12.4. The van der Waals surface area contributed by atoms with Gasteiger partial charge in [0.05, 0.1) is 5.92 Å². The molecule has 1 unspecified atom stereocenters. The second-order valence-corrected chi connectivity index (χ2v) is 4.86. The molecule has 0 aromatic carbocycles. The van der Waals surface area contributed by atoms with Crippen LogP contribution in [0, 0.1) is 5.92 Å². The van der Waals surface area contributed by atoms with Gasteiger partial charge in [0.15, 0.2) is 0 Å². The Morgan fingerprint density at radius 3 is 2.47 bits per heavy atom. The SMILES string of the molecule is O=C(C1CCCNC1)N(CC(F)(F)F)C1CC1. The lowest BCUT2D eigenvalue weighted by Crippen LogP contribution is -2.47. The molecule has 1 N–H and O–H groups in total. The smallest absolute Gasteiger partial charge is 0.330 e. The number of amides is 1. The summed E-state index contributed by atoms with van der Waals surface area (Å²) in [7, 11) is 0. The van der Waals surface area contributed by atoms with E-state index in [1.807, 2.05) is 0 Å². The van der Waals surface area contributed by atoms with Crippen molar-refractivity contribution in [1.82, 2.24) is 10.2 Å². The van der Waals surface area contributed by atoms with Crippen LogP contribution in [0.2, 0.25) is 0 Å². The second kappa shape index (κ2) is 4.84. The van der Waals surface area contributed by atoms with Gasteiger partial charge in [0.1, 0.15) is 6.54 Å². The van der Waals surface area contributed by atoms with E-state index in [1.165, 1.54) is 0 Å². The van der Waals surface area contributed by atoms with E-state index >= 15 is 0 Å². The minimum Gasteiger partial charge on any atom is -0.330 e. The number of nitrogens with one attached hydrogen (secondary N) is 1. The first-order chi connectivity index (χ1) is 7.97. The third kappa shape index (κ3) is 3.59. The van der Waals surface area contributed by atoms with Crippen LogP contribution in [0.15, 0.2) is 0 Å². The van der Waals surface area contributed by atoms with E-state index in [-0.39, 0.29) is 17.9 Å². The van der Waals surface area contributed by atoms with Gasteiger partial charge in [-0.15, -0.1) is 0 Å². The Bertz CT molecular complexity index is 283. The summed E-state index contributed by atoms with van der Waals surface area (Å²) in [6, 6.07) is -0.175. The molecule has 1 saturated carbocycles. The van der Waals surface area contributed by atoms with Crippen LogP contribution >= 0.6 is 0 Å². The fourth-order valence-corrected chi connectivity index (χ4v) is 2.26. The minimum absolute atomic E-state index is 0.175. The number of rotatable bonds is 3. The van der Waals surface area contributed by atoms with Crippen LogP contribution in [0.5, 0.6) is 0 Å². The summed E-state index contributed by atoms with van der Waals surface area (Å²) >= 11 is 0. The highest BCUT2D eigenvalue weighted by Crippen LogP contribution is 2.32. The Morgan fingerprint density at radius 2 is 2.00 bits per heavy atom. The van der Waals surface area contributed by atoms with Gasteiger partial charge in [-0.25, -0.2) is 0 Å². The second-order valence-electron chi connectivity index (χ2n) is 4.86. The molecule has 17 heavy (non-hydrogen) atoms. The highest BCUT2D eigenvalue weighted by Gasteiger charge is 2.42. The molecule has 6 heteroatoms. The number of hydrogen-bond donors (Lipinski definition) is 1. The van der Waals surface area contributed by atoms with Gasteiger partial charge in [0.25, 0.3) is 0 Å². The zero-order valence-corrected chi connectivity index (χ0v) is 9.59. The van der Waals surface area contributed by atoms with Crippen molar-refractivity contribution in [3.8, 4) is 0 Å². The first-order valence-electron chi connectivity index (χ1n) is 6.05. The predicted octanol–water partition coefficient (Wildman–Crippen LogP) is 1.54. The number of carbonyl (C=O) groups is 1. The Morgan fingerprint density at radius 1 is 1.29 bits per heavy atom. The van der Waals surface area contributed by atoms with E-state index < -0.39 is 12.7 Å². The van der Waals surface area contributed by atoms with E-state index in [9.17, 15) is 18.0 Å². The number of alkyl halides is 3. The van der Waals surface area contributed by atoms with Crippen LogP contribution < -0.4 is 5.32 Å². The number of hydrogen-bond acceptors (Lipinski definition) is 2. The quantitative estimate of drug-likeness (QED) is 0.824. The molecule has 1 atom stereocenters. The van der Waals surface area contributed by atoms with Gasteiger partial charge in [0.2, 0.25) is 5.91 Å². The third-order valence-corrected chi connectivity index (χ3v) is 3.27. The first kappa shape index (κ1) is 12.7. The van der Waals surface area contributed by atoms with E-state index in [0.29, 0.717) is 25.8 Å². The van der Waals surface area contributed by atoms with Crippen LogP contribution in [0.3, 0.4) is 0 Å². The van der Waals surface area contributed by atoms with Gasteiger partial charge in [-0.05, 0) is 32.2 Å². The van der Waals surface area contributed by atoms with E-state index in [4.69, 9.17) is 0 Å². The summed E-state index contributed by atoms with van der Waals surface area (Å²) in [5, 5.41) is 3.06. The van der Waals surface area contributed by atoms with Crippen LogP contribution in [-0.2, 0) is 4.79 Å². The topological polar surface area (TPSA) is 32.3 Å². The lowest BCUT2D eigenvalue weighted by molar-refractivity contribution is -0.165. The summed E-state index contributed by atoms with van der Waals surface area (Å²) in [6.45, 7) is 0.277. The Labute approximate surface area is 98.3 Å². The lowest BCUT2D eigenvalue weighted by atomic mass is 9.98. The average Bonchev–Trinajstić information content (AvgIpc) is 3.09. The molecular weight excluding hydrogens is 233 g/mol. The van der Waals surface area contributed by atoms with Crippen molar-refractivity contribution in [3.63, 3.8) is 0 Å². The number of carbonyl (C=O) groups excluding carboxylic acids is 1. The Hall–Kier alpha value is -0.780. The molecule has 1 aliphatic heterocycles. The maximum absolute atomic E-state index is 12.4. The molecule has 98 valence electrons. The highest BCUT2D eigenvalue weighted by molar-refractivity contribution is 5.80. The summed E-state index contributed by atoms with van der Waals surface area (Å²) in [5.74, 6) is -0.594. The molecule has 0 bridgehead atoms. The highest BCUT2D eigenvalue weighted by atomic mass is 19.4. The Balaban J connectivity index is 1.97. The first-order valence-corrected chi connectivity index (χ1v) is 6.05. The standard InChI is InChI=1S/C11H17F3N2O/c12-11(13,14)7-16(9-3-4-9)10(17)8-2-1-5-15-6-8/h8-9,15H,1-7H2. The molecule has 3 nitrogen and oxygen atoms in total. The molecule has 2 aliphatic rings. The van der Waals surface area contributed by atoms with Gasteiger partial charge in [-0.3, -0.25) is 4.79 Å². The predicted molar refractivity (Wildman–Crippen MR) is 56.4 cm³/mol. The molecule has 1 amide bonds. The molecule has 0 aromatic heterocycles. The van der Waals surface area contributed by atoms with Gasteiger partial charge >= 0.3 is 6.18 Å². The zero-order chi connectivity index (χ0) is 12.5. The largest absolute Gasteiger partial charge is 0.406 e. The summed E-state index contributed by atoms with van der Waals surface area (Å²) in [4.78, 5) is 13.1. The van der Waals surface area contributed by atoms with Crippen LogP contribution in [0.1, 0.15) is 25.7 Å². The Kier molecular flexibility index (Phi) is 3.61.